The fourth-order valence-corrected chi connectivity index (χ4v) is 3.28. The molecule has 0 amide bonds. The number of carbonyl (C=O) groups excluding carboxylic acids is 1. The molecule has 0 aliphatic rings. The molecule has 0 radical (unpaired) electrons. The summed E-state index contributed by atoms with van der Waals surface area (Å²) < 4.78 is 11.2. The van der Waals surface area contributed by atoms with E-state index in [4.69, 9.17) is 32.7 Å². The molecular formula is C24H20Cl2O3. The first-order valence-corrected chi connectivity index (χ1v) is 9.76. The Morgan fingerprint density at radius 3 is 2.34 bits per heavy atom. The van der Waals surface area contributed by atoms with E-state index in [1.807, 2.05) is 49.4 Å². The van der Waals surface area contributed by atoms with E-state index in [2.05, 4.69) is 0 Å². The van der Waals surface area contributed by atoms with Crippen LogP contribution in [0.15, 0.2) is 66.7 Å². The van der Waals surface area contributed by atoms with Crippen LogP contribution in [0.25, 0.3) is 6.08 Å². The molecule has 0 saturated carbocycles. The van der Waals surface area contributed by atoms with Gasteiger partial charge in [-0.1, -0.05) is 71.2 Å². The minimum atomic E-state index is -0.0542. The third kappa shape index (κ3) is 5.41. The van der Waals surface area contributed by atoms with E-state index in [-0.39, 0.29) is 12.4 Å². The Morgan fingerprint density at radius 1 is 1.00 bits per heavy atom. The van der Waals surface area contributed by atoms with Crippen molar-refractivity contribution in [2.45, 2.75) is 13.5 Å². The van der Waals surface area contributed by atoms with Gasteiger partial charge in [-0.05, 0) is 42.8 Å². The van der Waals surface area contributed by atoms with Gasteiger partial charge in [-0.2, -0.15) is 0 Å². The van der Waals surface area contributed by atoms with Gasteiger partial charge in [0.05, 0.1) is 17.2 Å². The van der Waals surface area contributed by atoms with Gasteiger partial charge in [0.25, 0.3) is 0 Å². The van der Waals surface area contributed by atoms with E-state index < -0.39 is 0 Å². The Labute approximate surface area is 180 Å². The summed E-state index contributed by atoms with van der Waals surface area (Å²) in [7, 11) is 1.59. The second-order valence-corrected chi connectivity index (χ2v) is 7.29. The Hall–Kier alpha value is -2.75. The van der Waals surface area contributed by atoms with Crippen LogP contribution in [0.5, 0.6) is 11.5 Å². The van der Waals surface area contributed by atoms with E-state index in [1.165, 1.54) is 0 Å². The van der Waals surface area contributed by atoms with E-state index in [9.17, 15) is 4.79 Å². The van der Waals surface area contributed by atoms with E-state index in [0.29, 0.717) is 27.1 Å². The van der Waals surface area contributed by atoms with Crippen molar-refractivity contribution >= 4 is 35.1 Å². The van der Waals surface area contributed by atoms with E-state index >= 15 is 0 Å². The summed E-state index contributed by atoms with van der Waals surface area (Å²) in [5.74, 6) is 1.05. The number of benzene rings is 3. The van der Waals surface area contributed by atoms with Gasteiger partial charge in [-0.25, -0.2) is 0 Å². The van der Waals surface area contributed by atoms with Crippen LogP contribution in [0.4, 0.5) is 0 Å². The smallest absolute Gasteiger partial charge is 0.185 e. The molecule has 5 heteroatoms. The van der Waals surface area contributed by atoms with Crippen molar-refractivity contribution in [1.82, 2.24) is 0 Å². The first kappa shape index (κ1) is 21.0. The van der Waals surface area contributed by atoms with Crippen molar-refractivity contribution in [3.8, 4) is 11.5 Å². The van der Waals surface area contributed by atoms with Crippen molar-refractivity contribution in [1.29, 1.82) is 0 Å². The number of hydrogen-bond acceptors (Lipinski definition) is 3. The third-order valence-electron chi connectivity index (χ3n) is 4.36. The third-order valence-corrected chi connectivity index (χ3v) is 4.95. The number of carbonyl (C=O) groups is 1. The lowest BCUT2D eigenvalue weighted by atomic mass is 10.1. The molecule has 0 N–H and O–H groups in total. The molecule has 3 nitrogen and oxygen atoms in total. The molecule has 0 aliphatic heterocycles. The molecule has 0 fully saturated rings. The van der Waals surface area contributed by atoms with Crippen molar-refractivity contribution in [2.75, 3.05) is 7.11 Å². The van der Waals surface area contributed by atoms with Crippen molar-refractivity contribution in [3.05, 3.63) is 99.0 Å². The second-order valence-electron chi connectivity index (χ2n) is 6.47. The standard InChI is InChI=1S/C24H20Cl2O3/c1-16-6-10-18(11-7-16)22(27)12-8-17-9-13-23(28-2)19(14-17)15-29-24-20(25)4-3-5-21(24)26/h3-14H,15H2,1-2H3/b12-8+. The number of halogens is 2. The molecule has 29 heavy (non-hydrogen) atoms. The zero-order valence-corrected chi connectivity index (χ0v) is 17.6. The maximum atomic E-state index is 12.4. The molecule has 0 aromatic heterocycles. The quantitative estimate of drug-likeness (QED) is 0.308. The number of para-hydroxylation sites is 1. The van der Waals surface area contributed by atoms with Gasteiger partial charge in [0.1, 0.15) is 12.4 Å². The van der Waals surface area contributed by atoms with Gasteiger partial charge in [0, 0.05) is 11.1 Å². The lowest BCUT2D eigenvalue weighted by molar-refractivity contribution is 0.104. The van der Waals surface area contributed by atoms with Crippen LogP contribution in [0.1, 0.15) is 27.0 Å². The maximum absolute atomic E-state index is 12.4. The zero-order chi connectivity index (χ0) is 20.8. The number of hydrogen-bond donors (Lipinski definition) is 0. The number of ketones is 1. The summed E-state index contributed by atoms with van der Waals surface area (Å²) in [6.07, 6.45) is 3.33. The summed E-state index contributed by atoms with van der Waals surface area (Å²) in [4.78, 5) is 12.4. The highest BCUT2D eigenvalue weighted by molar-refractivity contribution is 6.37. The fourth-order valence-electron chi connectivity index (χ4n) is 2.77. The van der Waals surface area contributed by atoms with Crippen LogP contribution in [0.2, 0.25) is 10.0 Å². The molecule has 3 aromatic rings. The molecule has 0 unspecified atom stereocenters. The highest BCUT2D eigenvalue weighted by atomic mass is 35.5. The van der Waals surface area contributed by atoms with Gasteiger partial charge < -0.3 is 9.47 Å². The van der Waals surface area contributed by atoms with Crippen molar-refractivity contribution in [3.63, 3.8) is 0 Å². The topological polar surface area (TPSA) is 35.5 Å². The molecule has 3 rings (SSSR count). The molecule has 0 spiro atoms. The Morgan fingerprint density at radius 2 is 1.69 bits per heavy atom. The Balaban J connectivity index is 1.77. The van der Waals surface area contributed by atoms with Gasteiger partial charge in [-0.15, -0.1) is 0 Å². The summed E-state index contributed by atoms with van der Waals surface area (Å²) in [6, 6.07) is 18.3. The maximum Gasteiger partial charge on any atom is 0.185 e. The number of allylic oxidation sites excluding steroid dienone is 1. The minimum Gasteiger partial charge on any atom is -0.496 e. The first-order chi connectivity index (χ1) is 14.0. The number of methoxy groups -OCH3 is 1. The van der Waals surface area contributed by atoms with Crippen LogP contribution in [-0.4, -0.2) is 12.9 Å². The van der Waals surface area contributed by atoms with Gasteiger partial charge in [0.15, 0.2) is 11.5 Å². The van der Waals surface area contributed by atoms with Crippen LogP contribution in [0, 0.1) is 6.92 Å². The van der Waals surface area contributed by atoms with Crippen molar-refractivity contribution in [2.24, 2.45) is 0 Å². The molecule has 0 heterocycles. The summed E-state index contributed by atoms with van der Waals surface area (Å²) in [5, 5.41) is 0.882. The molecule has 3 aromatic carbocycles. The molecule has 148 valence electrons. The molecule has 0 bridgehead atoms. The normalized spacial score (nSPS) is 10.9. The van der Waals surface area contributed by atoms with Crippen LogP contribution in [0.3, 0.4) is 0 Å². The average Bonchev–Trinajstić information content (AvgIpc) is 2.72. The zero-order valence-electron chi connectivity index (χ0n) is 16.1. The van der Waals surface area contributed by atoms with Crippen LogP contribution < -0.4 is 9.47 Å². The molecular weight excluding hydrogens is 407 g/mol. The largest absolute Gasteiger partial charge is 0.496 e. The van der Waals surface area contributed by atoms with Gasteiger partial charge in [-0.3, -0.25) is 4.79 Å². The number of ether oxygens (including phenoxy) is 2. The minimum absolute atomic E-state index is 0.0542. The highest BCUT2D eigenvalue weighted by Crippen LogP contribution is 2.33. The first-order valence-electron chi connectivity index (χ1n) is 9.00. The second kappa shape index (κ2) is 9.64. The monoisotopic (exact) mass is 426 g/mol. The van der Waals surface area contributed by atoms with Gasteiger partial charge >= 0.3 is 0 Å². The highest BCUT2D eigenvalue weighted by Gasteiger charge is 2.10. The molecule has 0 aliphatic carbocycles. The predicted molar refractivity (Wildman–Crippen MR) is 118 cm³/mol. The Kier molecular flexibility index (Phi) is 6.97. The molecule has 0 atom stereocenters. The SMILES string of the molecule is COc1ccc(/C=C/C(=O)c2ccc(C)cc2)cc1COc1c(Cl)cccc1Cl. The predicted octanol–water partition coefficient (Wildman–Crippen LogP) is 6.79. The fraction of sp³-hybridized carbons (Fsp3) is 0.125. The Bertz CT molecular complexity index is 1020. The van der Waals surface area contributed by atoms with Crippen molar-refractivity contribution < 1.29 is 14.3 Å². The van der Waals surface area contributed by atoms with E-state index in [0.717, 1.165) is 16.7 Å². The summed E-state index contributed by atoms with van der Waals surface area (Å²) in [6.45, 7) is 2.21. The van der Waals surface area contributed by atoms with E-state index in [1.54, 1.807) is 37.5 Å². The number of aryl methyl sites for hydroxylation is 1. The summed E-state index contributed by atoms with van der Waals surface area (Å²) >= 11 is 12.3. The average molecular weight is 427 g/mol. The lowest BCUT2D eigenvalue weighted by Gasteiger charge is -2.13. The lowest BCUT2D eigenvalue weighted by Crippen LogP contribution is -2.00. The summed E-state index contributed by atoms with van der Waals surface area (Å²) in [5.41, 5.74) is 3.43. The van der Waals surface area contributed by atoms with Crippen LogP contribution in [-0.2, 0) is 6.61 Å². The van der Waals surface area contributed by atoms with Crippen LogP contribution >= 0.6 is 23.2 Å². The molecule has 0 saturated heterocycles. The van der Waals surface area contributed by atoms with Gasteiger partial charge in [0.2, 0.25) is 0 Å². The number of rotatable bonds is 7.